The molecule has 18 heavy (non-hydrogen) atoms. The first-order valence-electron chi connectivity index (χ1n) is 5.62. The van der Waals surface area contributed by atoms with Crippen LogP contribution in [0, 0.1) is 5.92 Å². The van der Waals surface area contributed by atoms with Gasteiger partial charge in [0, 0.05) is 6.04 Å². The van der Waals surface area contributed by atoms with Gasteiger partial charge >= 0.3 is 5.76 Å². The van der Waals surface area contributed by atoms with Crippen molar-refractivity contribution in [3.8, 4) is 0 Å². The van der Waals surface area contributed by atoms with Crippen LogP contribution in [0.2, 0.25) is 0 Å². The molecule has 0 bridgehead atoms. The first kappa shape index (κ1) is 15.0. The number of rotatable bonds is 5. The van der Waals surface area contributed by atoms with Crippen molar-refractivity contribution in [2.45, 2.75) is 37.0 Å². The molecule has 0 aromatic heterocycles. The van der Waals surface area contributed by atoms with E-state index in [0.29, 0.717) is 5.56 Å². The Morgan fingerprint density at radius 2 is 1.78 bits per heavy atom. The van der Waals surface area contributed by atoms with E-state index < -0.39 is 15.6 Å². The topological polar surface area (TPSA) is 60.2 Å². The normalized spacial score (nSPS) is 14.2. The smallest absolute Gasteiger partial charge is 0.327 e. The van der Waals surface area contributed by atoms with Crippen LogP contribution in [0.25, 0.3) is 0 Å². The molecule has 0 aliphatic carbocycles. The van der Waals surface area contributed by atoms with Crippen molar-refractivity contribution in [2.24, 2.45) is 11.7 Å². The molecule has 1 aromatic rings. The van der Waals surface area contributed by atoms with Gasteiger partial charge in [-0.3, -0.25) is 0 Å². The van der Waals surface area contributed by atoms with Crippen molar-refractivity contribution in [3.05, 3.63) is 29.8 Å². The molecule has 1 unspecified atom stereocenters. The molecule has 0 spiro atoms. The summed E-state index contributed by atoms with van der Waals surface area (Å²) in [5.74, 6) is -3.26. The van der Waals surface area contributed by atoms with Gasteiger partial charge in [-0.1, -0.05) is 32.0 Å². The van der Waals surface area contributed by atoms with E-state index >= 15 is 0 Å². The molecule has 6 heteroatoms. The lowest BCUT2D eigenvalue weighted by Crippen LogP contribution is -2.29. The molecule has 0 aliphatic heterocycles. The Labute approximate surface area is 106 Å². The standard InChI is InChI=1S/C12H17F2NO2S/c1-8(2)10(15)7-9-5-3-4-6-11(9)18(16,17)12(13)14/h3-6,8,10,12H,7,15H2,1-2H3. The van der Waals surface area contributed by atoms with Crippen molar-refractivity contribution >= 4 is 9.84 Å². The molecule has 1 aromatic carbocycles. The molecule has 0 heterocycles. The Kier molecular flexibility index (Phi) is 4.81. The summed E-state index contributed by atoms with van der Waals surface area (Å²) >= 11 is 0. The number of benzene rings is 1. The monoisotopic (exact) mass is 277 g/mol. The maximum Gasteiger partial charge on any atom is 0.341 e. The van der Waals surface area contributed by atoms with Gasteiger partial charge in [-0.05, 0) is 24.0 Å². The number of sulfone groups is 1. The average molecular weight is 277 g/mol. The van der Waals surface area contributed by atoms with E-state index in [1.807, 2.05) is 13.8 Å². The van der Waals surface area contributed by atoms with Crippen molar-refractivity contribution in [1.29, 1.82) is 0 Å². The van der Waals surface area contributed by atoms with E-state index in [4.69, 9.17) is 5.73 Å². The van der Waals surface area contributed by atoms with E-state index in [1.54, 1.807) is 6.07 Å². The zero-order chi connectivity index (χ0) is 13.9. The van der Waals surface area contributed by atoms with Crippen LogP contribution in [0.15, 0.2) is 29.2 Å². The van der Waals surface area contributed by atoms with Crippen LogP contribution in [0.5, 0.6) is 0 Å². The molecule has 3 nitrogen and oxygen atoms in total. The number of nitrogens with two attached hydrogens (primary N) is 1. The lowest BCUT2D eigenvalue weighted by Gasteiger charge is -2.17. The fourth-order valence-electron chi connectivity index (χ4n) is 1.54. The quantitative estimate of drug-likeness (QED) is 0.897. The van der Waals surface area contributed by atoms with Crippen LogP contribution in [-0.4, -0.2) is 20.2 Å². The van der Waals surface area contributed by atoms with Gasteiger partial charge in [0.2, 0.25) is 9.84 Å². The van der Waals surface area contributed by atoms with Crippen LogP contribution in [-0.2, 0) is 16.3 Å². The van der Waals surface area contributed by atoms with Crippen molar-refractivity contribution in [3.63, 3.8) is 0 Å². The van der Waals surface area contributed by atoms with E-state index in [0.717, 1.165) is 0 Å². The van der Waals surface area contributed by atoms with Gasteiger partial charge in [0.15, 0.2) is 0 Å². The lowest BCUT2D eigenvalue weighted by atomic mass is 9.97. The summed E-state index contributed by atoms with van der Waals surface area (Å²) in [5.41, 5.74) is 6.20. The molecule has 0 fully saturated rings. The lowest BCUT2D eigenvalue weighted by molar-refractivity contribution is 0.234. The largest absolute Gasteiger partial charge is 0.341 e. The van der Waals surface area contributed by atoms with Gasteiger partial charge in [0.25, 0.3) is 0 Å². The molecular weight excluding hydrogens is 260 g/mol. The van der Waals surface area contributed by atoms with Gasteiger partial charge in [0.05, 0.1) is 4.90 Å². The Balaban J connectivity index is 3.16. The predicted octanol–water partition coefficient (Wildman–Crippen LogP) is 2.21. The summed E-state index contributed by atoms with van der Waals surface area (Å²) in [7, 11) is -4.57. The first-order valence-corrected chi connectivity index (χ1v) is 7.17. The van der Waals surface area contributed by atoms with Crippen LogP contribution in [0.1, 0.15) is 19.4 Å². The highest BCUT2D eigenvalue weighted by molar-refractivity contribution is 7.91. The number of alkyl halides is 2. The van der Waals surface area contributed by atoms with Gasteiger partial charge in [-0.25, -0.2) is 8.42 Å². The van der Waals surface area contributed by atoms with Gasteiger partial charge in [-0.2, -0.15) is 8.78 Å². The maximum absolute atomic E-state index is 12.6. The van der Waals surface area contributed by atoms with Crippen LogP contribution in [0.4, 0.5) is 8.78 Å². The second kappa shape index (κ2) is 5.75. The fraction of sp³-hybridized carbons (Fsp3) is 0.500. The first-order chi connectivity index (χ1) is 8.26. The Hall–Kier alpha value is -1.01. The molecule has 0 saturated carbocycles. The molecule has 2 N–H and O–H groups in total. The van der Waals surface area contributed by atoms with E-state index in [2.05, 4.69) is 0 Å². The van der Waals surface area contributed by atoms with Crippen LogP contribution in [0.3, 0.4) is 0 Å². The SMILES string of the molecule is CC(C)C(N)Cc1ccccc1S(=O)(=O)C(F)F. The summed E-state index contributed by atoms with van der Waals surface area (Å²) in [6.45, 7) is 3.80. The van der Waals surface area contributed by atoms with E-state index in [-0.39, 0.29) is 23.3 Å². The minimum Gasteiger partial charge on any atom is -0.327 e. The predicted molar refractivity (Wildman–Crippen MR) is 66.1 cm³/mol. The summed E-state index contributed by atoms with van der Waals surface area (Å²) < 4.78 is 48.1. The third-order valence-electron chi connectivity index (χ3n) is 2.83. The highest BCUT2D eigenvalue weighted by atomic mass is 32.2. The maximum atomic E-state index is 12.6. The molecule has 102 valence electrons. The van der Waals surface area contributed by atoms with Gasteiger partial charge in [-0.15, -0.1) is 0 Å². The summed E-state index contributed by atoms with van der Waals surface area (Å²) in [6, 6.07) is 5.51. The van der Waals surface area contributed by atoms with Crippen molar-refractivity contribution in [2.75, 3.05) is 0 Å². The van der Waals surface area contributed by atoms with Crippen molar-refractivity contribution in [1.82, 2.24) is 0 Å². The third kappa shape index (κ3) is 3.26. The number of halogens is 2. The highest BCUT2D eigenvalue weighted by Gasteiger charge is 2.29. The van der Waals surface area contributed by atoms with Crippen LogP contribution >= 0.6 is 0 Å². The Morgan fingerprint density at radius 1 is 1.22 bits per heavy atom. The summed E-state index contributed by atoms with van der Waals surface area (Å²) in [4.78, 5) is -0.323. The number of hydrogen-bond acceptors (Lipinski definition) is 3. The molecule has 1 atom stereocenters. The molecule has 0 saturated heterocycles. The number of hydrogen-bond donors (Lipinski definition) is 1. The molecular formula is C12H17F2NO2S. The average Bonchev–Trinajstić information content (AvgIpc) is 2.29. The Bertz CT molecular complexity index is 501. The van der Waals surface area contributed by atoms with E-state index in [9.17, 15) is 17.2 Å². The van der Waals surface area contributed by atoms with Crippen molar-refractivity contribution < 1.29 is 17.2 Å². The van der Waals surface area contributed by atoms with Gasteiger partial charge < -0.3 is 5.73 Å². The second-order valence-electron chi connectivity index (χ2n) is 4.53. The van der Waals surface area contributed by atoms with Crippen LogP contribution < -0.4 is 5.73 Å². The summed E-state index contributed by atoms with van der Waals surface area (Å²) in [5, 5.41) is 0. The second-order valence-corrected chi connectivity index (χ2v) is 6.41. The Morgan fingerprint density at radius 3 is 2.28 bits per heavy atom. The fourth-order valence-corrected chi connectivity index (χ4v) is 2.51. The minimum absolute atomic E-state index is 0.146. The highest BCUT2D eigenvalue weighted by Crippen LogP contribution is 2.23. The molecule has 1 rings (SSSR count). The molecule has 0 radical (unpaired) electrons. The summed E-state index contributed by atoms with van der Waals surface area (Å²) in [6.07, 6.45) is 0.264. The minimum atomic E-state index is -4.57. The molecule has 0 aliphatic rings. The zero-order valence-corrected chi connectivity index (χ0v) is 11.1. The molecule has 0 amide bonds. The van der Waals surface area contributed by atoms with Gasteiger partial charge in [0.1, 0.15) is 0 Å². The third-order valence-corrected chi connectivity index (χ3v) is 4.31. The zero-order valence-electron chi connectivity index (χ0n) is 10.3. The van der Waals surface area contributed by atoms with E-state index in [1.165, 1.54) is 18.2 Å².